The summed E-state index contributed by atoms with van der Waals surface area (Å²) in [7, 11) is 1.39. The first-order valence-corrected chi connectivity index (χ1v) is 5.20. The molecule has 0 aliphatic rings. The van der Waals surface area contributed by atoms with Crippen molar-refractivity contribution < 1.29 is 24.2 Å². The number of carboxylic acid groups (broad SMARTS) is 1. The zero-order valence-corrected chi connectivity index (χ0v) is 9.69. The number of methoxy groups -OCH3 is 1. The lowest BCUT2D eigenvalue weighted by molar-refractivity contribution is -0.143. The summed E-state index contributed by atoms with van der Waals surface area (Å²) < 4.78 is 9.75. The van der Waals surface area contributed by atoms with Crippen molar-refractivity contribution in [3.8, 4) is 0 Å². The van der Waals surface area contributed by atoms with Gasteiger partial charge in [0.2, 0.25) is 5.91 Å². The van der Waals surface area contributed by atoms with Crippen molar-refractivity contribution in [3.63, 3.8) is 0 Å². The Morgan fingerprint density at radius 3 is 2.62 bits per heavy atom. The van der Waals surface area contributed by atoms with Crippen molar-refractivity contribution in [2.75, 3.05) is 26.9 Å². The van der Waals surface area contributed by atoms with Crippen LogP contribution in [0.5, 0.6) is 0 Å². The van der Waals surface area contributed by atoms with Gasteiger partial charge in [0.25, 0.3) is 0 Å². The summed E-state index contributed by atoms with van der Waals surface area (Å²) in [6, 6.07) is -0.982. The van der Waals surface area contributed by atoms with Gasteiger partial charge in [0.1, 0.15) is 0 Å². The Morgan fingerprint density at radius 1 is 1.44 bits per heavy atom. The number of hydrogen-bond donors (Lipinski definition) is 2. The summed E-state index contributed by atoms with van der Waals surface area (Å²) in [4.78, 5) is 22.0. The fourth-order valence-corrected chi connectivity index (χ4v) is 1.09. The molecule has 0 heterocycles. The summed E-state index contributed by atoms with van der Waals surface area (Å²) >= 11 is 0. The van der Waals surface area contributed by atoms with Crippen molar-refractivity contribution >= 4 is 11.9 Å². The molecule has 16 heavy (non-hydrogen) atoms. The lowest BCUT2D eigenvalue weighted by atomic mass is 10.2. The summed E-state index contributed by atoms with van der Waals surface area (Å²) in [6.45, 7) is 2.96. The number of carbonyl (C=O) groups is 2. The maximum Gasteiger partial charge on any atom is 0.328 e. The molecule has 0 radical (unpaired) electrons. The Bertz CT molecular complexity index is 219. The highest BCUT2D eigenvalue weighted by Crippen LogP contribution is 1.93. The molecule has 0 aliphatic heterocycles. The normalized spacial score (nSPS) is 12.1. The molecule has 6 nitrogen and oxygen atoms in total. The average Bonchev–Trinajstić information content (AvgIpc) is 2.23. The molecule has 6 heteroatoms. The second-order valence-corrected chi connectivity index (χ2v) is 3.21. The number of rotatable bonds is 9. The molecular weight excluding hydrogens is 214 g/mol. The molecule has 0 fully saturated rings. The summed E-state index contributed by atoms with van der Waals surface area (Å²) in [5.74, 6) is -1.40. The molecular formula is C10H19NO5. The fourth-order valence-electron chi connectivity index (χ4n) is 1.09. The molecule has 0 aromatic heterocycles. The van der Waals surface area contributed by atoms with Gasteiger partial charge in [0.05, 0.1) is 6.61 Å². The van der Waals surface area contributed by atoms with E-state index in [-0.39, 0.29) is 18.9 Å². The number of hydrogen-bond acceptors (Lipinski definition) is 4. The van der Waals surface area contributed by atoms with Gasteiger partial charge in [-0.15, -0.1) is 0 Å². The van der Waals surface area contributed by atoms with Crippen LogP contribution < -0.4 is 5.32 Å². The van der Waals surface area contributed by atoms with Crippen molar-refractivity contribution in [1.29, 1.82) is 0 Å². The third kappa shape index (κ3) is 7.19. The average molecular weight is 233 g/mol. The minimum Gasteiger partial charge on any atom is -0.480 e. The number of nitrogens with one attached hydrogen (secondary N) is 1. The molecule has 0 aliphatic carbocycles. The first kappa shape index (κ1) is 14.9. The van der Waals surface area contributed by atoms with Gasteiger partial charge in [-0.2, -0.15) is 0 Å². The Morgan fingerprint density at radius 2 is 2.12 bits per heavy atom. The van der Waals surface area contributed by atoms with E-state index in [2.05, 4.69) is 10.1 Å². The molecule has 2 N–H and O–H groups in total. The number of amides is 1. The van der Waals surface area contributed by atoms with Gasteiger partial charge in [0, 0.05) is 26.7 Å². The first-order valence-electron chi connectivity index (χ1n) is 5.20. The van der Waals surface area contributed by atoms with Gasteiger partial charge in [0.15, 0.2) is 6.04 Å². The van der Waals surface area contributed by atoms with Gasteiger partial charge >= 0.3 is 5.97 Å². The Balaban J connectivity index is 3.77. The number of carbonyl (C=O) groups excluding carboxylic acids is 1. The fraction of sp³-hybridized carbons (Fsp3) is 0.800. The maximum absolute atomic E-state index is 11.3. The molecule has 0 aromatic rings. The predicted octanol–water partition coefficient (Wildman–Crippen LogP) is 0.0189. The topological polar surface area (TPSA) is 84.9 Å². The summed E-state index contributed by atoms with van der Waals surface area (Å²) in [6.07, 6.45) is 0.840. The van der Waals surface area contributed by atoms with Crippen molar-refractivity contribution in [1.82, 2.24) is 5.32 Å². The highest BCUT2D eigenvalue weighted by Gasteiger charge is 2.18. The second-order valence-electron chi connectivity index (χ2n) is 3.21. The van der Waals surface area contributed by atoms with E-state index in [0.29, 0.717) is 19.6 Å². The largest absolute Gasteiger partial charge is 0.480 e. The molecule has 1 unspecified atom stereocenters. The van der Waals surface area contributed by atoms with E-state index in [0.717, 1.165) is 0 Å². The van der Waals surface area contributed by atoms with Crippen LogP contribution in [-0.4, -0.2) is 50.0 Å². The van der Waals surface area contributed by atoms with Crippen molar-refractivity contribution in [3.05, 3.63) is 0 Å². The molecule has 1 atom stereocenters. The minimum atomic E-state index is -1.10. The van der Waals surface area contributed by atoms with E-state index in [4.69, 9.17) is 9.84 Å². The van der Waals surface area contributed by atoms with Gasteiger partial charge in [-0.25, -0.2) is 4.79 Å². The SMILES string of the molecule is CCOCCCC(=O)NC(COC)C(=O)O. The van der Waals surface area contributed by atoms with Gasteiger partial charge in [-0.05, 0) is 13.3 Å². The lowest BCUT2D eigenvalue weighted by Gasteiger charge is -2.13. The monoisotopic (exact) mass is 233 g/mol. The summed E-state index contributed by atoms with van der Waals surface area (Å²) in [5.41, 5.74) is 0. The van der Waals surface area contributed by atoms with E-state index in [1.165, 1.54) is 7.11 Å². The first-order chi connectivity index (χ1) is 7.61. The Kier molecular flexibility index (Phi) is 8.46. The molecule has 1 amide bonds. The standard InChI is InChI=1S/C10H19NO5/c1-3-16-6-4-5-9(12)11-8(7-15-2)10(13)14/h8H,3-7H2,1-2H3,(H,11,12)(H,13,14). The van der Waals surface area contributed by atoms with E-state index < -0.39 is 12.0 Å². The van der Waals surface area contributed by atoms with Crippen LogP contribution in [0.3, 0.4) is 0 Å². The maximum atomic E-state index is 11.3. The van der Waals surface area contributed by atoms with Crippen molar-refractivity contribution in [2.45, 2.75) is 25.8 Å². The highest BCUT2D eigenvalue weighted by atomic mass is 16.5. The highest BCUT2D eigenvalue weighted by molar-refractivity contribution is 5.83. The van der Waals surface area contributed by atoms with Crippen LogP contribution in [0.25, 0.3) is 0 Å². The van der Waals surface area contributed by atoms with Gasteiger partial charge in [-0.3, -0.25) is 4.79 Å². The number of ether oxygens (including phenoxy) is 2. The van der Waals surface area contributed by atoms with E-state index >= 15 is 0 Å². The molecule has 0 rings (SSSR count). The minimum absolute atomic E-state index is 0.0352. The zero-order valence-electron chi connectivity index (χ0n) is 9.69. The number of carboxylic acids is 1. The van der Waals surface area contributed by atoms with Crippen LogP contribution in [0, 0.1) is 0 Å². The third-order valence-electron chi connectivity index (χ3n) is 1.86. The molecule has 0 saturated carbocycles. The van der Waals surface area contributed by atoms with E-state index in [1.807, 2.05) is 6.92 Å². The Hall–Kier alpha value is -1.14. The summed E-state index contributed by atoms with van der Waals surface area (Å²) in [5, 5.41) is 11.1. The van der Waals surface area contributed by atoms with Gasteiger partial charge in [-0.1, -0.05) is 0 Å². The van der Waals surface area contributed by atoms with Crippen LogP contribution in [0.2, 0.25) is 0 Å². The smallest absolute Gasteiger partial charge is 0.328 e. The number of aliphatic carboxylic acids is 1. The van der Waals surface area contributed by atoms with Crippen LogP contribution >= 0.6 is 0 Å². The van der Waals surface area contributed by atoms with Crippen LogP contribution in [0.15, 0.2) is 0 Å². The molecule has 0 saturated heterocycles. The Labute approximate surface area is 94.9 Å². The van der Waals surface area contributed by atoms with E-state index in [1.54, 1.807) is 0 Å². The molecule has 94 valence electrons. The lowest BCUT2D eigenvalue weighted by Crippen LogP contribution is -2.43. The van der Waals surface area contributed by atoms with Gasteiger partial charge < -0.3 is 19.9 Å². The molecule has 0 aromatic carbocycles. The quantitative estimate of drug-likeness (QED) is 0.548. The molecule has 0 spiro atoms. The van der Waals surface area contributed by atoms with Crippen LogP contribution in [0.4, 0.5) is 0 Å². The van der Waals surface area contributed by atoms with Crippen LogP contribution in [0.1, 0.15) is 19.8 Å². The van der Waals surface area contributed by atoms with Crippen LogP contribution in [-0.2, 0) is 19.1 Å². The van der Waals surface area contributed by atoms with E-state index in [9.17, 15) is 9.59 Å². The zero-order chi connectivity index (χ0) is 12.4. The van der Waals surface area contributed by atoms with Crippen molar-refractivity contribution in [2.24, 2.45) is 0 Å². The second kappa shape index (κ2) is 9.11. The molecule has 0 bridgehead atoms. The predicted molar refractivity (Wildman–Crippen MR) is 57.2 cm³/mol. The third-order valence-corrected chi connectivity index (χ3v) is 1.86.